The van der Waals surface area contributed by atoms with Gasteiger partial charge in [-0.2, -0.15) is 5.26 Å². The lowest BCUT2D eigenvalue weighted by Crippen LogP contribution is -2.01. The van der Waals surface area contributed by atoms with Gasteiger partial charge in [0.15, 0.2) is 0 Å². The molecule has 170 valence electrons. The van der Waals surface area contributed by atoms with Crippen molar-refractivity contribution in [2.24, 2.45) is 0 Å². The predicted molar refractivity (Wildman–Crippen MR) is 137 cm³/mol. The Hall–Kier alpha value is -5.09. The van der Waals surface area contributed by atoms with Crippen LogP contribution in [0.15, 0.2) is 94.1 Å². The number of anilines is 3. The van der Waals surface area contributed by atoms with Crippen molar-refractivity contribution in [1.29, 1.82) is 5.26 Å². The average molecular weight is 460 g/mol. The first-order valence-electron chi connectivity index (χ1n) is 10.8. The normalized spacial score (nSPS) is 10.6. The number of nitrogens with one attached hydrogen (secondary N) is 1. The van der Waals surface area contributed by atoms with Gasteiger partial charge in [-0.05, 0) is 48.0 Å². The highest BCUT2D eigenvalue weighted by Gasteiger charge is 2.14. The highest BCUT2D eigenvalue weighted by molar-refractivity contribution is 5.91. The van der Waals surface area contributed by atoms with Crippen LogP contribution in [0, 0.1) is 11.3 Å². The Kier molecular flexibility index (Phi) is 5.62. The molecular weight excluding hydrogens is 440 g/mol. The van der Waals surface area contributed by atoms with E-state index in [2.05, 4.69) is 16.4 Å². The number of nitrogens with two attached hydrogens (primary N) is 1. The number of para-hydroxylation sites is 1. The van der Waals surface area contributed by atoms with E-state index in [0.29, 0.717) is 28.1 Å². The summed E-state index contributed by atoms with van der Waals surface area (Å²) in [7, 11) is 1.60. The Labute approximate surface area is 201 Å². The van der Waals surface area contributed by atoms with Crippen molar-refractivity contribution >= 4 is 28.2 Å². The number of pyridine rings is 1. The summed E-state index contributed by atoms with van der Waals surface area (Å²) in [4.78, 5) is 16.4. The van der Waals surface area contributed by atoms with Crippen LogP contribution in [0.25, 0.3) is 33.4 Å². The maximum atomic E-state index is 11.9. The van der Waals surface area contributed by atoms with Gasteiger partial charge in [0.05, 0.1) is 18.5 Å². The Morgan fingerprint density at radius 1 is 0.971 bits per heavy atom. The Balaban J connectivity index is 1.49. The molecule has 2 heterocycles. The van der Waals surface area contributed by atoms with E-state index in [-0.39, 0.29) is 5.82 Å². The number of nitriles is 1. The molecule has 0 radical (unpaired) electrons. The molecule has 0 saturated heterocycles. The largest absolute Gasteiger partial charge is 0.497 e. The molecule has 0 aliphatic rings. The number of methoxy groups -OCH3 is 1. The van der Waals surface area contributed by atoms with Crippen molar-refractivity contribution in [2.75, 3.05) is 18.2 Å². The van der Waals surface area contributed by atoms with Gasteiger partial charge in [0.1, 0.15) is 28.8 Å². The van der Waals surface area contributed by atoms with Crippen molar-refractivity contribution in [1.82, 2.24) is 4.98 Å². The molecule has 5 rings (SSSR count). The summed E-state index contributed by atoms with van der Waals surface area (Å²) >= 11 is 0. The molecule has 0 aliphatic carbocycles. The van der Waals surface area contributed by atoms with E-state index < -0.39 is 5.63 Å². The quantitative estimate of drug-likeness (QED) is 0.322. The van der Waals surface area contributed by atoms with Gasteiger partial charge in [-0.1, -0.05) is 36.4 Å². The summed E-state index contributed by atoms with van der Waals surface area (Å²) < 4.78 is 10.5. The van der Waals surface area contributed by atoms with E-state index in [1.54, 1.807) is 13.2 Å². The van der Waals surface area contributed by atoms with Gasteiger partial charge in [0.2, 0.25) is 0 Å². The third-order valence-electron chi connectivity index (χ3n) is 5.67. The van der Waals surface area contributed by atoms with Crippen molar-refractivity contribution < 1.29 is 9.15 Å². The molecule has 5 aromatic rings. The molecule has 0 atom stereocenters. The Morgan fingerprint density at radius 3 is 2.40 bits per heavy atom. The monoisotopic (exact) mass is 460 g/mol. The number of aromatic nitrogens is 1. The van der Waals surface area contributed by atoms with Crippen LogP contribution in [0.4, 0.5) is 17.2 Å². The molecule has 35 heavy (non-hydrogen) atoms. The molecule has 2 aromatic heterocycles. The molecule has 3 aromatic carbocycles. The molecule has 3 N–H and O–H groups in total. The predicted octanol–water partition coefficient (Wildman–Crippen LogP) is 5.73. The first-order chi connectivity index (χ1) is 17.1. The van der Waals surface area contributed by atoms with Gasteiger partial charge in [-0.25, -0.2) is 9.78 Å². The number of hydrogen-bond donors (Lipinski definition) is 2. The third-order valence-corrected chi connectivity index (χ3v) is 5.67. The number of hydrogen-bond acceptors (Lipinski definition) is 7. The molecule has 0 amide bonds. The van der Waals surface area contributed by atoms with E-state index >= 15 is 0 Å². The van der Waals surface area contributed by atoms with Crippen LogP contribution in [0.1, 0.15) is 5.56 Å². The van der Waals surface area contributed by atoms with Gasteiger partial charge in [0, 0.05) is 28.3 Å². The summed E-state index contributed by atoms with van der Waals surface area (Å²) in [5.41, 5.74) is 11.0. The molecule has 0 fully saturated rings. The van der Waals surface area contributed by atoms with Crippen molar-refractivity contribution in [3.8, 4) is 34.2 Å². The first-order valence-corrected chi connectivity index (χ1v) is 10.8. The van der Waals surface area contributed by atoms with Crippen LogP contribution in [0.3, 0.4) is 0 Å². The summed E-state index contributed by atoms with van der Waals surface area (Å²) in [5, 5.41) is 13.8. The van der Waals surface area contributed by atoms with E-state index in [1.807, 2.05) is 72.8 Å². The smallest absolute Gasteiger partial charge is 0.338 e. The van der Waals surface area contributed by atoms with Crippen molar-refractivity contribution in [2.45, 2.75) is 0 Å². The van der Waals surface area contributed by atoms with Gasteiger partial charge in [0.25, 0.3) is 0 Å². The lowest BCUT2D eigenvalue weighted by atomic mass is 9.98. The zero-order valence-electron chi connectivity index (χ0n) is 18.8. The van der Waals surface area contributed by atoms with Crippen LogP contribution >= 0.6 is 0 Å². The average Bonchev–Trinajstić information content (AvgIpc) is 2.88. The van der Waals surface area contributed by atoms with Crippen molar-refractivity contribution in [3.63, 3.8) is 0 Å². The highest BCUT2D eigenvalue weighted by atomic mass is 16.5. The lowest BCUT2D eigenvalue weighted by Gasteiger charge is -2.12. The molecule has 7 heteroatoms. The second-order valence-corrected chi connectivity index (χ2v) is 7.83. The van der Waals surface area contributed by atoms with E-state index in [0.717, 1.165) is 28.0 Å². The van der Waals surface area contributed by atoms with Crippen LogP contribution in [0.5, 0.6) is 5.75 Å². The van der Waals surface area contributed by atoms with Gasteiger partial charge in [-0.3, -0.25) is 0 Å². The second-order valence-electron chi connectivity index (χ2n) is 7.83. The molecule has 0 saturated carbocycles. The minimum absolute atomic E-state index is 0.167. The lowest BCUT2D eigenvalue weighted by molar-refractivity contribution is 0.415. The molecular formula is C28H20N4O3. The van der Waals surface area contributed by atoms with E-state index in [4.69, 9.17) is 14.9 Å². The van der Waals surface area contributed by atoms with Crippen LogP contribution in [-0.4, -0.2) is 12.1 Å². The van der Waals surface area contributed by atoms with E-state index in [1.165, 1.54) is 6.07 Å². The maximum absolute atomic E-state index is 11.9. The zero-order valence-corrected chi connectivity index (χ0v) is 18.8. The van der Waals surface area contributed by atoms with Crippen molar-refractivity contribution in [3.05, 3.63) is 101 Å². The third kappa shape index (κ3) is 4.28. The summed E-state index contributed by atoms with van der Waals surface area (Å²) in [6.45, 7) is 0. The topological polar surface area (TPSA) is 114 Å². The maximum Gasteiger partial charge on any atom is 0.338 e. The number of nitrogens with zero attached hydrogens (tertiary/aromatic N) is 2. The fourth-order valence-electron chi connectivity index (χ4n) is 3.92. The van der Waals surface area contributed by atoms with Gasteiger partial charge >= 0.3 is 5.63 Å². The van der Waals surface area contributed by atoms with E-state index in [9.17, 15) is 10.1 Å². The zero-order chi connectivity index (χ0) is 24.4. The summed E-state index contributed by atoms with van der Waals surface area (Å²) in [6.07, 6.45) is 0. The Morgan fingerprint density at radius 2 is 1.69 bits per heavy atom. The molecule has 7 nitrogen and oxygen atoms in total. The number of benzene rings is 3. The number of ether oxygens (including phenoxy) is 1. The first kappa shape index (κ1) is 21.7. The second kappa shape index (κ2) is 9.04. The Bertz CT molecular complexity index is 1630. The minimum Gasteiger partial charge on any atom is -0.497 e. The molecule has 0 aliphatic heterocycles. The van der Waals surface area contributed by atoms with Crippen LogP contribution in [-0.2, 0) is 0 Å². The van der Waals surface area contributed by atoms with Crippen LogP contribution < -0.4 is 21.4 Å². The number of nitrogen functional groups attached to an aromatic ring is 1. The number of fused-ring (bicyclic) bond motifs is 1. The standard InChI is InChI=1S/C28H20N4O3/c1-34-20-12-8-17(9-13-20)22-14-24(32-28(30)23(22)16-29)18-6-10-19(11-7-18)31-25-15-27(33)35-26-5-3-2-4-21(25)26/h2-15,31H,1H3,(H2,30,32). The minimum atomic E-state index is -0.425. The fraction of sp³-hybridized carbons (Fsp3) is 0.0357. The van der Waals surface area contributed by atoms with Gasteiger partial charge < -0.3 is 20.2 Å². The SMILES string of the molecule is COc1ccc(-c2cc(-c3ccc(Nc4cc(=O)oc5ccccc45)cc3)nc(N)c2C#N)cc1. The highest BCUT2D eigenvalue weighted by Crippen LogP contribution is 2.33. The summed E-state index contributed by atoms with van der Waals surface area (Å²) in [5.74, 6) is 0.891. The molecule has 0 bridgehead atoms. The van der Waals surface area contributed by atoms with Gasteiger partial charge in [-0.15, -0.1) is 0 Å². The molecule has 0 spiro atoms. The number of rotatable bonds is 5. The van der Waals surface area contributed by atoms with Crippen LogP contribution in [0.2, 0.25) is 0 Å². The molecule has 0 unspecified atom stereocenters. The fourth-order valence-corrected chi connectivity index (χ4v) is 3.92. The summed E-state index contributed by atoms with van der Waals surface area (Å²) in [6, 6.07) is 27.8.